The molecule has 0 aromatic heterocycles. The zero-order valence-corrected chi connectivity index (χ0v) is 10.8. The van der Waals surface area contributed by atoms with Gasteiger partial charge in [0.15, 0.2) is 0 Å². The van der Waals surface area contributed by atoms with Gasteiger partial charge in [-0.1, -0.05) is 6.07 Å². The lowest BCUT2D eigenvalue weighted by Gasteiger charge is -2.23. The fraction of sp³-hybridized carbons (Fsp3) is 0.538. The van der Waals surface area contributed by atoms with E-state index in [1.165, 1.54) is 6.07 Å². The Labute approximate surface area is 102 Å². The molecule has 1 N–H and O–H groups in total. The lowest BCUT2D eigenvalue weighted by Crippen LogP contribution is -2.24. The van der Waals surface area contributed by atoms with E-state index in [-0.39, 0.29) is 12.4 Å². The Morgan fingerprint density at radius 2 is 1.88 bits per heavy atom. The van der Waals surface area contributed by atoms with E-state index in [4.69, 9.17) is 0 Å². The Kier molecular flexibility index (Phi) is 5.38. The molecule has 0 heterocycles. The van der Waals surface area contributed by atoms with Crippen LogP contribution in [0.4, 0.5) is 10.1 Å². The summed E-state index contributed by atoms with van der Waals surface area (Å²) >= 11 is 0. The van der Waals surface area contributed by atoms with Crippen molar-refractivity contribution in [3.63, 3.8) is 0 Å². The second kappa shape index (κ2) is 6.57. The molecule has 0 atom stereocenters. The molecule has 0 aliphatic carbocycles. The highest BCUT2D eigenvalue weighted by molar-refractivity contribution is 5.53. The summed E-state index contributed by atoms with van der Waals surface area (Å²) in [6.07, 6.45) is 1.00. The Hall–Kier alpha value is -1.13. The molecule has 1 aromatic carbocycles. The number of halogens is 1. The number of rotatable bonds is 6. The van der Waals surface area contributed by atoms with Gasteiger partial charge in [0.05, 0.1) is 6.61 Å². The van der Waals surface area contributed by atoms with Gasteiger partial charge >= 0.3 is 0 Å². The molecule has 0 aliphatic heterocycles. The van der Waals surface area contributed by atoms with Crippen LogP contribution in [0.15, 0.2) is 18.2 Å². The van der Waals surface area contributed by atoms with Crippen LogP contribution < -0.4 is 4.90 Å². The van der Waals surface area contributed by atoms with E-state index in [1.807, 2.05) is 32.1 Å². The van der Waals surface area contributed by atoms with E-state index in [1.54, 1.807) is 6.07 Å². The van der Waals surface area contributed by atoms with Crippen LogP contribution in [0.5, 0.6) is 0 Å². The summed E-state index contributed by atoms with van der Waals surface area (Å²) < 4.78 is 13.5. The fourth-order valence-electron chi connectivity index (χ4n) is 1.81. The van der Waals surface area contributed by atoms with E-state index in [2.05, 4.69) is 4.90 Å². The zero-order chi connectivity index (χ0) is 12.8. The lowest BCUT2D eigenvalue weighted by molar-refractivity contribution is 0.276. The second-order valence-corrected chi connectivity index (χ2v) is 4.47. The molecule has 4 heteroatoms. The Morgan fingerprint density at radius 1 is 1.18 bits per heavy atom. The first kappa shape index (κ1) is 13.9. The molecular weight excluding hydrogens is 219 g/mol. The van der Waals surface area contributed by atoms with Gasteiger partial charge in [-0.25, -0.2) is 4.39 Å². The van der Waals surface area contributed by atoms with Gasteiger partial charge in [0.2, 0.25) is 0 Å². The van der Waals surface area contributed by atoms with Crippen LogP contribution in [0.25, 0.3) is 0 Å². The highest BCUT2D eigenvalue weighted by Gasteiger charge is 2.10. The monoisotopic (exact) mass is 240 g/mol. The summed E-state index contributed by atoms with van der Waals surface area (Å²) in [6, 6.07) is 4.89. The van der Waals surface area contributed by atoms with Crippen molar-refractivity contribution in [2.75, 3.05) is 39.1 Å². The smallest absolute Gasteiger partial charge is 0.130 e. The quantitative estimate of drug-likeness (QED) is 0.820. The summed E-state index contributed by atoms with van der Waals surface area (Å²) in [4.78, 5) is 4.10. The maximum atomic E-state index is 13.5. The van der Waals surface area contributed by atoms with E-state index in [9.17, 15) is 9.50 Å². The molecule has 0 saturated carbocycles. The summed E-state index contributed by atoms with van der Waals surface area (Å²) in [5.41, 5.74) is 1.14. The normalized spacial score (nSPS) is 10.9. The molecule has 1 rings (SSSR count). The maximum Gasteiger partial charge on any atom is 0.130 e. The number of hydrogen-bond acceptors (Lipinski definition) is 3. The Bertz CT molecular complexity index is 355. The first-order valence-corrected chi connectivity index (χ1v) is 5.80. The fourth-order valence-corrected chi connectivity index (χ4v) is 1.81. The van der Waals surface area contributed by atoms with Gasteiger partial charge < -0.3 is 14.9 Å². The lowest BCUT2D eigenvalue weighted by atomic mass is 10.1. The zero-order valence-electron chi connectivity index (χ0n) is 10.8. The van der Waals surface area contributed by atoms with Crippen LogP contribution in [0, 0.1) is 5.82 Å². The number of anilines is 1. The molecule has 0 radical (unpaired) electrons. The average Bonchev–Trinajstić information content (AvgIpc) is 2.28. The highest BCUT2D eigenvalue weighted by atomic mass is 19.1. The second-order valence-electron chi connectivity index (χ2n) is 4.47. The first-order valence-electron chi connectivity index (χ1n) is 5.80. The third kappa shape index (κ3) is 3.98. The van der Waals surface area contributed by atoms with Crippen molar-refractivity contribution in [1.29, 1.82) is 0 Å². The van der Waals surface area contributed by atoms with Crippen molar-refractivity contribution < 1.29 is 9.50 Å². The van der Waals surface area contributed by atoms with Crippen molar-refractivity contribution in [1.82, 2.24) is 4.90 Å². The van der Waals surface area contributed by atoms with E-state index >= 15 is 0 Å². The van der Waals surface area contributed by atoms with Gasteiger partial charge in [-0.05, 0) is 39.2 Å². The van der Waals surface area contributed by atoms with Crippen LogP contribution in [-0.4, -0.2) is 44.2 Å². The minimum atomic E-state index is -0.343. The summed E-state index contributed by atoms with van der Waals surface area (Å²) in [6.45, 7) is 1.57. The van der Waals surface area contributed by atoms with Gasteiger partial charge in [0, 0.05) is 24.8 Å². The topological polar surface area (TPSA) is 26.7 Å². The minimum Gasteiger partial charge on any atom is -0.391 e. The molecule has 0 bridgehead atoms. The first-order chi connectivity index (χ1) is 8.06. The predicted octanol–water partition coefficient (Wildman–Crippen LogP) is 1.71. The number of aliphatic hydroxyl groups excluding tert-OH is 1. The standard InChI is InChI=1S/C13H21FN2O/c1-15(2)8-5-9-16(3)13-7-4-6-12(14)11(13)10-17/h4,6-7,17H,5,8-10H2,1-3H3. The number of hydrogen-bond donors (Lipinski definition) is 1. The molecule has 0 saturated heterocycles. The van der Waals surface area contributed by atoms with Crippen molar-refractivity contribution in [3.8, 4) is 0 Å². The van der Waals surface area contributed by atoms with Crippen molar-refractivity contribution >= 4 is 5.69 Å². The predicted molar refractivity (Wildman–Crippen MR) is 68.8 cm³/mol. The third-order valence-corrected chi connectivity index (χ3v) is 2.76. The van der Waals surface area contributed by atoms with E-state index in [0.717, 1.165) is 25.2 Å². The molecular formula is C13H21FN2O. The van der Waals surface area contributed by atoms with Crippen LogP contribution in [0.3, 0.4) is 0 Å². The molecule has 1 aromatic rings. The number of benzene rings is 1. The molecule has 96 valence electrons. The SMILES string of the molecule is CN(C)CCCN(C)c1cccc(F)c1CO. The van der Waals surface area contributed by atoms with Gasteiger partial charge in [-0.3, -0.25) is 0 Å². The number of nitrogens with zero attached hydrogens (tertiary/aromatic N) is 2. The van der Waals surface area contributed by atoms with Gasteiger partial charge in [-0.15, -0.1) is 0 Å². The van der Waals surface area contributed by atoms with Crippen LogP contribution >= 0.6 is 0 Å². The van der Waals surface area contributed by atoms with Crippen molar-refractivity contribution in [2.24, 2.45) is 0 Å². The third-order valence-electron chi connectivity index (χ3n) is 2.76. The molecule has 3 nitrogen and oxygen atoms in total. The van der Waals surface area contributed by atoms with Gasteiger partial charge in [0.25, 0.3) is 0 Å². The van der Waals surface area contributed by atoms with Crippen molar-refractivity contribution in [2.45, 2.75) is 13.0 Å². The van der Waals surface area contributed by atoms with Crippen LogP contribution in [0.1, 0.15) is 12.0 Å². The van der Waals surface area contributed by atoms with Gasteiger partial charge in [-0.2, -0.15) is 0 Å². The van der Waals surface area contributed by atoms with Crippen molar-refractivity contribution in [3.05, 3.63) is 29.6 Å². The molecule has 0 amide bonds. The van der Waals surface area contributed by atoms with E-state index in [0.29, 0.717) is 5.56 Å². The molecule has 0 fully saturated rings. The van der Waals surface area contributed by atoms with Gasteiger partial charge in [0.1, 0.15) is 5.82 Å². The minimum absolute atomic E-state index is 0.264. The maximum absolute atomic E-state index is 13.5. The molecule has 17 heavy (non-hydrogen) atoms. The molecule has 0 spiro atoms. The average molecular weight is 240 g/mol. The number of aliphatic hydroxyl groups is 1. The van der Waals surface area contributed by atoms with Crippen LogP contribution in [0.2, 0.25) is 0 Å². The molecule has 0 unspecified atom stereocenters. The summed E-state index contributed by atoms with van der Waals surface area (Å²) in [7, 11) is 5.98. The summed E-state index contributed by atoms with van der Waals surface area (Å²) in [5.74, 6) is -0.343. The largest absolute Gasteiger partial charge is 0.391 e. The summed E-state index contributed by atoms with van der Waals surface area (Å²) in [5, 5.41) is 9.19. The van der Waals surface area contributed by atoms with E-state index < -0.39 is 0 Å². The Balaban J connectivity index is 2.68. The van der Waals surface area contributed by atoms with Crippen LogP contribution in [-0.2, 0) is 6.61 Å². The Morgan fingerprint density at radius 3 is 2.47 bits per heavy atom. The molecule has 0 aliphatic rings. The highest BCUT2D eigenvalue weighted by Crippen LogP contribution is 2.22.